The lowest BCUT2D eigenvalue weighted by Crippen LogP contribution is -2.47. The number of nitrogens with zero attached hydrogens (tertiary/aromatic N) is 3. The molecular formula is C23H31N5O2. The molecule has 1 aliphatic heterocycles. The maximum absolute atomic E-state index is 12.8. The Bertz CT molecular complexity index is 830. The molecule has 1 aromatic carbocycles. The van der Waals surface area contributed by atoms with Gasteiger partial charge in [-0.1, -0.05) is 44.2 Å². The molecular weight excluding hydrogens is 378 g/mol. The van der Waals surface area contributed by atoms with Crippen LogP contribution in [0.2, 0.25) is 0 Å². The van der Waals surface area contributed by atoms with Crippen LogP contribution in [0.15, 0.2) is 48.7 Å². The van der Waals surface area contributed by atoms with Crippen molar-refractivity contribution in [2.75, 3.05) is 43.4 Å². The van der Waals surface area contributed by atoms with Crippen LogP contribution in [0.1, 0.15) is 19.4 Å². The number of pyridine rings is 1. The molecule has 30 heavy (non-hydrogen) atoms. The summed E-state index contributed by atoms with van der Waals surface area (Å²) >= 11 is 0. The van der Waals surface area contributed by atoms with Gasteiger partial charge in [0.05, 0.1) is 18.3 Å². The van der Waals surface area contributed by atoms with Crippen molar-refractivity contribution in [3.63, 3.8) is 0 Å². The number of amides is 2. The smallest absolute Gasteiger partial charge is 0.247 e. The van der Waals surface area contributed by atoms with E-state index in [0.29, 0.717) is 5.69 Å². The first-order valence-electron chi connectivity index (χ1n) is 10.5. The van der Waals surface area contributed by atoms with Crippen LogP contribution in [0.4, 0.5) is 11.5 Å². The summed E-state index contributed by atoms with van der Waals surface area (Å²) in [7, 11) is 2.12. The maximum atomic E-state index is 12.8. The highest BCUT2D eigenvalue weighted by molar-refractivity contribution is 5.97. The molecule has 0 bridgehead atoms. The Morgan fingerprint density at radius 3 is 2.33 bits per heavy atom. The summed E-state index contributed by atoms with van der Waals surface area (Å²) < 4.78 is 0. The number of nitrogens with one attached hydrogen (secondary N) is 2. The summed E-state index contributed by atoms with van der Waals surface area (Å²) in [4.78, 5) is 34.3. The normalized spacial score (nSPS) is 15.7. The fraction of sp³-hybridized carbons (Fsp3) is 0.435. The lowest BCUT2D eigenvalue weighted by atomic mass is 10.0. The molecule has 7 nitrogen and oxygen atoms in total. The van der Waals surface area contributed by atoms with E-state index in [0.717, 1.165) is 37.6 Å². The first kappa shape index (κ1) is 21.8. The average Bonchev–Trinajstić information content (AvgIpc) is 2.73. The average molecular weight is 410 g/mol. The maximum Gasteiger partial charge on any atom is 0.247 e. The summed E-state index contributed by atoms with van der Waals surface area (Å²) in [5, 5.41) is 5.75. The molecule has 3 rings (SSSR count). The number of benzene rings is 1. The van der Waals surface area contributed by atoms with Gasteiger partial charge in [0.15, 0.2) is 0 Å². The van der Waals surface area contributed by atoms with E-state index in [1.165, 1.54) is 0 Å². The van der Waals surface area contributed by atoms with Gasteiger partial charge in [0, 0.05) is 26.2 Å². The lowest BCUT2D eigenvalue weighted by molar-refractivity contribution is -0.127. The summed E-state index contributed by atoms with van der Waals surface area (Å²) in [5.41, 5.74) is 1.54. The summed E-state index contributed by atoms with van der Waals surface area (Å²) in [5.74, 6) is 0.471. The van der Waals surface area contributed by atoms with Gasteiger partial charge in [0.1, 0.15) is 11.9 Å². The first-order valence-corrected chi connectivity index (χ1v) is 10.5. The molecule has 2 aromatic rings. The van der Waals surface area contributed by atoms with Gasteiger partial charge in [-0.2, -0.15) is 0 Å². The van der Waals surface area contributed by atoms with Crippen molar-refractivity contribution in [3.05, 3.63) is 54.2 Å². The minimum atomic E-state index is -0.612. The van der Waals surface area contributed by atoms with Crippen LogP contribution in [0.5, 0.6) is 0 Å². The molecule has 0 saturated carbocycles. The zero-order valence-electron chi connectivity index (χ0n) is 18.0. The molecule has 0 spiro atoms. The van der Waals surface area contributed by atoms with Crippen molar-refractivity contribution < 1.29 is 9.59 Å². The van der Waals surface area contributed by atoms with Crippen LogP contribution >= 0.6 is 0 Å². The lowest BCUT2D eigenvalue weighted by Gasteiger charge is -2.33. The topological polar surface area (TPSA) is 77.6 Å². The molecule has 1 saturated heterocycles. The molecule has 160 valence electrons. The Balaban J connectivity index is 1.57. The SMILES string of the molecule is CC(C)[C@@H](NC(=O)Cc1ccccc1)C(=O)Nc1ccc(N2CCN(C)CC2)nc1. The molecule has 2 heterocycles. The standard InChI is InChI=1S/C23H31N5O2/c1-17(2)22(26-21(29)15-18-7-5-4-6-8-18)23(30)25-19-9-10-20(24-16-19)28-13-11-27(3)12-14-28/h4-10,16-17,22H,11-15H2,1-3H3,(H,25,30)(H,26,29)/t22-/m1/s1. The van der Waals surface area contributed by atoms with Crippen LogP contribution in [0, 0.1) is 5.92 Å². The number of piperazine rings is 1. The Morgan fingerprint density at radius 1 is 1.03 bits per heavy atom. The van der Waals surface area contributed by atoms with Gasteiger partial charge in [-0.25, -0.2) is 4.98 Å². The molecule has 0 unspecified atom stereocenters. The van der Waals surface area contributed by atoms with Crippen LogP contribution in [0.25, 0.3) is 0 Å². The summed E-state index contributed by atoms with van der Waals surface area (Å²) in [6.07, 6.45) is 1.92. The van der Waals surface area contributed by atoms with E-state index in [-0.39, 0.29) is 24.2 Å². The molecule has 0 radical (unpaired) electrons. The Morgan fingerprint density at radius 2 is 1.73 bits per heavy atom. The van der Waals surface area contributed by atoms with Crippen LogP contribution in [-0.4, -0.2) is 61.0 Å². The third-order valence-electron chi connectivity index (χ3n) is 5.32. The molecule has 1 atom stereocenters. The van der Waals surface area contributed by atoms with Gasteiger partial charge in [0.2, 0.25) is 11.8 Å². The number of hydrogen-bond acceptors (Lipinski definition) is 5. The van der Waals surface area contributed by atoms with E-state index in [1.54, 1.807) is 6.20 Å². The Kier molecular flexibility index (Phi) is 7.41. The van der Waals surface area contributed by atoms with Crippen LogP contribution in [-0.2, 0) is 16.0 Å². The minimum Gasteiger partial charge on any atom is -0.354 e. The zero-order valence-corrected chi connectivity index (χ0v) is 18.0. The van der Waals surface area contributed by atoms with Crippen molar-refractivity contribution in [3.8, 4) is 0 Å². The third kappa shape index (κ3) is 6.03. The van der Waals surface area contributed by atoms with Crippen molar-refractivity contribution >= 4 is 23.3 Å². The van der Waals surface area contributed by atoms with Gasteiger partial charge in [-0.05, 0) is 30.7 Å². The van der Waals surface area contributed by atoms with Crippen molar-refractivity contribution in [1.82, 2.24) is 15.2 Å². The van der Waals surface area contributed by atoms with Crippen LogP contribution in [0.3, 0.4) is 0 Å². The quantitative estimate of drug-likeness (QED) is 0.733. The molecule has 2 amide bonds. The molecule has 2 N–H and O–H groups in total. The fourth-order valence-corrected chi connectivity index (χ4v) is 3.44. The van der Waals surface area contributed by atoms with E-state index < -0.39 is 6.04 Å². The van der Waals surface area contributed by atoms with E-state index in [1.807, 2.05) is 56.3 Å². The third-order valence-corrected chi connectivity index (χ3v) is 5.32. The Labute approximate surface area is 178 Å². The highest BCUT2D eigenvalue weighted by Crippen LogP contribution is 2.16. The number of hydrogen-bond donors (Lipinski definition) is 2. The van der Waals surface area contributed by atoms with E-state index >= 15 is 0 Å². The van der Waals surface area contributed by atoms with E-state index in [9.17, 15) is 9.59 Å². The largest absolute Gasteiger partial charge is 0.354 e. The van der Waals surface area contributed by atoms with E-state index in [2.05, 4.69) is 32.5 Å². The van der Waals surface area contributed by atoms with E-state index in [4.69, 9.17) is 0 Å². The Hall–Kier alpha value is -2.93. The van der Waals surface area contributed by atoms with Gasteiger partial charge in [-0.15, -0.1) is 0 Å². The van der Waals surface area contributed by atoms with Crippen molar-refractivity contribution in [2.24, 2.45) is 5.92 Å². The highest BCUT2D eigenvalue weighted by atomic mass is 16.2. The van der Waals surface area contributed by atoms with Crippen LogP contribution < -0.4 is 15.5 Å². The second-order valence-electron chi connectivity index (χ2n) is 8.14. The fourth-order valence-electron chi connectivity index (χ4n) is 3.44. The molecule has 1 aromatic heterocycles. The van der Waals surface area contributed by atoms with Crippen molar-refractivity contribution in [1.29, 1.82) is 0 Å². The predicted octanol–water partition coefficient (Wildman–Crippen LogP) is 2.16. The van der Waals surface area contributed by atoms with Gasteiger partial charge < -0.3 is 20.4 Å². The molecule has 7 heteroatoms. The number of likely N-dealkylation sites (N-methyl/N-ethyl adjacent to an activating group) is 1. The second-order valence-corrected chi connectivity index (χ2v) is 8.14. The highest BCUT2D eigenvalue weighted by Gasteiger charge is 2.24. The number of carbonyl (C=O) groups excluding carboxylic acids is 2. The van der Waals surface area contributed by atoms with Gasteiger partial charge in [0.25, 0.3) is 0 Å². The monoisotopic (exact) mass is 409 g/mol. The minimum absolute atomic E-state index is 0.0395. The molecule has 1 aliphatic rings. The molecule has 0 aliphatic carbocycles. The number of rotatable bonds is 7. The number of anilines is 2. The predicted molar refractivity (Wildman–Crippen MR) is 119 cm³/mol. The summed E-state index contributed by atoms with van der Waals surface area (Å²) in [6, 6.07) is 12.7. The zero-order chi connectivity index (χ0) is 21.5. The van der Waals surface area contributed by atoms with Crippen molar-refractivity contribution in [2.45, 2.75) is 26.3 Å². The first-order chi connectivity index (χ1) is 14.4. The second kappa shape index (κ2) is 10.2. The van der Waals surface area contributed by atoms with Gasteiger partial charge >= 0.3 is 0 Å². The summed E-state index contributed by atoms with van der Waals surface area (Å²) in [6.45, 7) is 7.75. The number of aromatic nitrogens is 1. The molecule has 1 fully saturated rings. The van der Waals surface area contributed by atoms with Gasteiger partial charge in [-0.3, -0.25) is 9.59 Å². The number of carbonyl (C=O) groups is 2.